The Labute approximate surface area is 180 Å². The van der Waals surface area contributed by atoms with Crippen LogP contribution in [0, 0.1) is 17.3 Å². The molecule has 3 unspecified atom stereocenters. The zero-order valence-corrected chi connectivity index (χ0v) is 19.3. The van der Waals surface area contributed by atoms with E-state index < -0.39 is 33.7 Å². The first kappa shape index (κ1) is 24.1. The molecule has 2 rings (SSSR count). The predicted molar refractivity (Wildman–Crippen MR) is 118 cm³/mol. The highest BCUT2D eigenvalue weighted by Gasteiger charge is 2.41. The standard InChI is InChI=1S/C24H32O5S/c1-17(2)21(28-23(25)19-13-9-7-10-14-19)18(3)22(24(4,5)6)29-30(26,27)20-15-11-8-12-16-20/h7-18,21-22H,1-6H3. The first-order valence-corrected chi connectivity index (χ1v) is 11.6. The molecule has 0 aliphatic heterocycles. The number of hydrogen-bond donors (Lipinski definition) is 0. The average Bonchev–Trinajstić information content (AvgIpc) is 2.70. The zero-order chi connectivity index (χ0) is 22.5. The molecule has 164 valence electrons. The third-order valence-electron chi connectivity index (χ3n) is 5.02. The largest absolute Gasteiger partial charge is 0.458 e. The van der Waals surface area contributed by atoms with Crippen molar-refractivity contribution in [1.82, 2.24) is 0 Å². The van der Waals surface area contributed by atoms with Crippen molar-refractivity contribution in [3.8, 4) is 0 Å². The molecule has 0 saturated heterocycles. The summed E-state index contributed by atoms with van der Waals surface area (Å²) in [7, 11) is -3.97. The first-order chi connectivity index (χ1) is 13.9. The highest BCUT2D eigenvalue weighted by molar-refractivity contribution is 7.86. The van der Waals surface area contributed by atoms with Crippen molar-refractivity contribution in [3.63, 3.8) is 0 Å². The van der Waals surface area contributed by atoms with Crippen molar-refractivity contribution < 1.29 is 22.1 Å². The second-order valence-corrected chi connectivity index (χ2v) is 10.6. The number of rotatable bonds is 8. The van der Waals surface area contributed by atoms with Gasteiger partial charge in [0, 0.05) is 5.92 Å². The van der Waals surface area contributed by atoms with Crippen molar-refractivity contribution in [1.29, 1.82) is 0 Å². The van der Waals surface area contributed by atoms with Crippen molar-refractivity contribution >= 4 is 16.1 Å². The maximum atomic E-state index is 12.9. The Hall–Kier alpha value is -2.18. The minimum absolute atomic E-state index is 0.0273. The lowest BCUT2D eigenvalue weighted by Gasteiger charge is -2.39. The van der Waals surface area contributed by atoms with Gasteiger partial charge in [0.25, 0.3) is 10.1 Å². The molecular formula is C24H32O5S. The van der Waals surface area contributed by atoms with Gasteiger partial charge in [-0.1, -0.05) is 77.9 Å². The highest BCUT2D eigenvalue weighted by Crippen LogP contribution is 2.35. The molecule has 0 N–H and O–H groups in total. The quantitative estimate of drug-likeness (QED) is 0.417. The Morgan fingerprint density at radius 2 is 1.37 bits per heavy atom. The van der Waals surface area contributed by atoms with E-state index in [0.717, 1.165) is 0 Å². The van der Waals surface area contributed by atoms with Gasteiger partial charge >= 0.3 is 5.97 Å². The molecule has 30 heavy (non-hydrogen) atoms. The lowest BCUT2D eigenvalue weighted by Crippen LogP contribution is -2.45. The molecule has 0 heterocycles. The second kappa shape index (κ2) is 9.75. The summed E-state index contributed by atoms with van der Waals surface area (Å²) in [5.74, 6) is -0.823. The van der Waals surface area contributed by atoms with E-state index in [-0.39, 0.29) is 16.7 Å². The topological polar surface area (TPSA) is 69.7 Å². The second-order valence-electron chi connectivity index (χ2n) is 8.99. The molecule has 2 aromatic carbocycles. The van der Waals surface area contributed by atoms with Crippen LogP contribution in [0.4, 0.5) is 0 Å². The highest BCUT2D eigenvalue weighted by atomic mass is 32.2. The molecular weight excluding hydrogens is 400 g/mol. The molecule has 0 saturated carbocycles. The van der Waals surface area contributed by atoms with Crippen molar-refractivity contribution in [2.75, 3.05) is 0 Å². The summed E-state index contributed by atoms with van der Waals surface area (Å²) < 4.78 is 37.4. The van der Waals surface area contributed by atoms with Crippen LogP contribution in [0.5, 0.6) is 0 Å². The van der Waals surface area contributed by atoms with Gasteiger partial charge in [-0.25, -0.2) is 4.79 Å². The third kappa shape index (κ3) is 6.16. The van der Waals surface area contributed by atoms with E-state index in [1.165, 1.54) is 12.1 Å². The van der Waals surface area contributed by atoms with Gasteiger partial charge in [-0.15, -0.1) is 0 Å². The molecule has 0 aromatic heterocycles. The number of benzene rings is 2. The molecule has 0 aliphatic carbocycles. The maximum absolute atomic E-state index is 12.9. The lowest BCUT2D eigenvalue weighted by atomic mass is 9.77. The fourth-order valence-electron chi connectivity index (χ4n) is 3.59. The third-order valence-corrected chi connectivity index (χ3v) is 6.33. The van der Waals surface area contributed by atoms with Crippen molar-refractivity contribution in [3.05, 3.63) is 66.2 Å². The average molecular weight is 433 g/mol. The van der Waals surface area contributed by atoms with Gasteiger partial charge in [0.15, 0.2) is 0 Å². The van der Waals surface area contributed by atoms with Gasteiger partial charge in [0.05, 0.1) is 16.6 Å². The summed E-state index contributed by atoms with van der Waals surface area (Å²) in [6.07, 6.45) is -1.22. The first-order valence-electron chi connectivity index (χ1n) is 10.2. The Morgan fingerprint density at radius 1 is 0.867 bits per heavy atom. The van der Waals surface area contributed by atoms with Gasteiger partial charge in [-0.05, 0) is 35.6 Å². The summed E-state index contributed by atoms with van der Waals surface area (Å²) in [4.78, 5) is 12.8. The maximum Gasteiger partial charge on any atom is 0.338 e. The van der Waals surface area contributed by atoms with E-state index in [1.54, 1.807) is 42.5 Å². The fourth-order valence-corrected chi connectivity index (χ4v) is 4.93. The van der Waals surface area contributed by atoms with Crippen LogP contribution in [0.1, 0.15) is 51.9 Å². The predicted octanol–water partition coefficient (Wildman–Crippen LogP) is 5.32. The number of ether oxygens (including phenoxy) is 1. The minimum Gasteiger partial charge on any atom is -0.458 e. The molecule has 6 heteroatoms. The van der Waals surface area contributed by atoms with Crippen LogP contribution >= 0.6 is 0 Å². The van der Waals surface area contributed by atoms with Crippen LogP contribution in [-0.2, 0) is 19.0 Å². The molecule has 0 aliphatic rings. The number of carbonyl (C=O) groups is 1. The van der Waals surface area contributed by atoms with Crippen LogP contribution < -0.4 is 0 Å². The van der Waals surface area contributed by atoms with Crippen molar-refractivity contribution in [2.24, 2.45) is 17.3 Å². The summed E-state index contributed by atoms with van der Waals surface area (Å²) in [6.45, 7) is 11.5. The van der Waals surface area contributed by atoms with Gasteiger partial charge in [-0.2, -0.15) is 8.42 Å². The summed E-state index contributed by atoms with van der Waals surface area (Å²) in [6, 6.07) is 16.9. The van der Waals surface area contributed by atoms with Crippen LogP contribution in [0.15, 0.2) is 65.6 Å². The Balaban J connectivity index is 2.31. The SMILES string of the molecule is CC(C)C(OC(=O)c1ccccc1)C(C)C(OS(=O)(=O)c1ccccc1)C(C)(C)C. The van der Waals surface area contributed by atoms with E-state index in [4.69, 9.17) is 8.92 Å². The van der Waals surface area contributed by atoms with E-state index in [0.29, 0.717) is 5.56 Å². The lowest BCUT2D eigenvalue weighted by molar-refractivity contribution is -0.0499. The zero-order valence-electron chi connectivity index (χ0n) is 18.5. The number of carbonyl (C=O) groups excluding carboxylic acids is 1. The minimum atomic E-state index is -3.97. The summed E-state index contributed by atoms with van der Waals surface area (Å²) in [5, 5.41) is 0. The van der Waals surface area contributed by atoms with E-state index >= 15 is 0 Å². The molecule has 0 radical (unpaired) electrons. The van der Waals surface area contributed by atoms with Crippen LogP contribution in [-0.4, -0.2) is 26.6 Å². The molecule has 3 atom stereocenters. The van der Waals surface area contributed by atoms with E-state index in [2.05, 4.69) is 0 Å². The van der Waals surface area contributed by atoms with E-state index in [1.807, 2.05) is 47.6 Å². The van der Waals surface area contributed by atoms with Crippen LogP contribution in [0.3, 0.4) is 0 Å². The normalized spacial score (nSPS) is 15.4. The van der Waals surface area contributed by atoms with Gasteiger partial charge in [-0.3, -0.25) is 4.18 Å². The number of esters is 1. The van der Waals surface area contributed by atoms with E-state index in [9.17, 15) is 13.2 Å². The smallest absolute Gasteiger partial charge is 0.338 e. The Morgan fingerprint density at radius 3 is 1.83 bits per heavy atom. The van der Waals surface area contributed by atoms with Crippen LogP contribution in [0.25, 0.3) is 0 Å². The molecule has 0 spiro atoms. The molecule has 5 nitrogen and oxygen atoms in total. The van der Waals surface area contributed by atoms with Gasteiger partial charge < -0.3 is 4.74 Å². The van der Waals surface area contributed by atoms with Gasteiger partial charge in [0.1, 0.15) is 6.10 Å². The molecule has 0 bridgehead atoms. The van der Waals surface area contributed by atoms with Gasteiger partial charge in [0.2, 0.25) is 0 Å². The monoisotopic (exact) mass is 432 g/mol. The molecule has 2 aromatic rings. The number of hydrogen-bond acceptors (Lipinski definition) is 5. The summed E-state index contributed by atoms with van der Waals surface area (Å²) >= 11 is 0. The Kier molecular flexibility index (Phi) is 7.83. The van der Waals surface area contributed by atoms with Crippen LogP contribution in [0.2, 0.25) is 0 Å². The Bertz CT molecular complexity index is 915. The molecule has 0 amide bonds. The summed E-state index contributed by atoms with van der Waals surface area (Å²) in [5.41, 5.74) is -0.0476. The fraction of sp³-hybridized carbons (Fsp3) is 0.458. The molecule has 0 fully saturated rings. The van der Waals surface area contributed by atoms with Crippen molar-refractivity contribution in [2.45, 2.75) is 58.6 Å².